The molecule has 0 spiro atoms. The highest BCUT2D eigenvalue weighted by Gasteiger charge is 2.39. The van der Waals surface area contributed by atoms with Gasteiger partial charge in [0.1, 0.15) is 8.07 Å². The van der Waals surface area contributed by atoms with Crippen LogP contribution in [0, 0.1) is 0 Å². The summed E-state index contributed by atoms with van der Waals surface area (Å²) in [6, 6.07) is 65.4. The van der Waals surface area contributed by atoms with Gasteiger partial charge in [0, 0.05) is 39.9 Å². The molecule has 55 heavy (non-hydrogen) atoms. The minimum Gasteiger partial charge on any atom is -0.311 e. The lowest BCUT2D eigenvalue weighted by atomic mass is 9.84. The van der Waals surface area contributed by atoms with Crippen LogP contribution in [0.5, 0.6) is 0 Å². The Kier molecular flexibility index (Phi) is 9.49. The van der Waals surface area contributed by atoms with Crippen LogP contribution < -0.4 is 20.2 Å². The van der Waals surface area contributed by atoms with E-state index >= 15 is 0 Å². The summed E-state index contributed by atoms with van der Waals surface area (Å²) >= 11 is 0. The summed E-state index contributed by atoms with van der Waals surface area (Å²) in [5.41, 5.74) is 14.0. The summed E-state index contributed by atoms with van der Waals surface area (Å²) in [6.07, 6.45) is 6.70. The maximum absolute atomic E-state index is 2.51. The zero-order chi connectivity index (χ0) is 37.4. The number of para-hydroxylation sites is 2. The molecule has 3 heteroatoms. The number of rotatable bonds is 9. The van der Waals surface area contributed by atoms with Gasteiger partial charge in [-0.1, -0.05) is 148 Å². The molecule has 1 aliphatic carbocycles. The van der Waals surface area contributed by atoms with Crippen molar-refractivity contribution in [2.45, 2.75) is 64.0 Å². The third-order valence-electron chi connectivity index (χ3n) is 12.4. The predicted molar refractivity (Wildman–Crippen MR) is 238 cm³/mol. The fraction of sp³-hybridized carbons (Fsp3) is 0.192. The highest BCUT2D eigenvalue weighted by molar-refractivity contribution is 7.04. The Morgan fingerprint density at radius 3 is 1.51 bits per heavy atom. The van der Waals surface area contributed by atoms with Gasteiger partial charge in [-0.15, -0.1) is 0 Å². The fourth-order valence-electron chi connectivity index (χ4n) is 9.30. The minimum absolute atomic E-state index is 0.243. The molecule has 0 aromatic heterocycles. The van der Waals surface area contributed by atoms with Crippen molar-refractivity contribution in [2.75, 3.05) is 9.80 Å². The second-order valence-corrected chi connectivity index (χ2v) is 20.4. The van der Waals surface area contributed by atoms with Gasteiger partial charge in [-0.25, -0.2) is 0 Å². The van der Waals surface area contributed by atoms with Gasteiger partial charge in [0.25, 0.3) is 0 Å². The molecule has 0 saturated heterocycles. The lowest BCUT2D eigenvalue weighted by Gasteiger charge is -2.30. The quantitative estimate of drug-likeness (QED) is 0.136. The molecule has 1 aliphatic heterocycles. The molecule has 1 heterocycles. The van der Waals surface area contributed by atoms with Crippen LogP contribution in [0.2, 0.25) is 13.1 Å². The Bertz CT molecular complexity index is 2340. The lowest BCUT2D eigenvalue weighted by Crippen LogP contribution is -2.49. The van der Waals surface area contributed by atoms with E-state index in [1.54, 1.807) is 0 Å². The van der Waals surface area contributed by atoms with E-state index in [-0.39, 0.29) is 5.92 Å². The van der Waals surface area contributed by atoms with Crippen LogP contribution in [0.25, 0.3) is 11.1 Å². The van der Waals surface area contributed by atoms with Crippen LogP contribution >= 0.6 is 0 Å². The number of benzene rings is 7. The average Bonchev–Trinajstić information content (AvgIpc) is 3.49. The molecule has 272 valence electrons. The van der Waals surface area contributed by atoms with Crippen LogP contribution in [0.15, 0.2) is 176 Å². The number of hydrogen-bond acceptors (Lipinski definition) is 2. The monoisotopic (exact) mass is 730 g/mol. The van der Waals surface area contributed by atoms with E-state index in [1.165, 1.54) is 87.4 Å². The van der Waals surface area contributed by atoms with Crippen molar-refractivity contribution < 1.29 is 0 Å². The average molecular weight is 731 g/mol. The molecule has 0 N–H and O–H groups in total. The third kappa shape index (κ3) is 6.61. The van der Waals surface area contributed by atoms with Crippen molar-refractivity contribution in [3.63, 3.8) is 0 Å². The highest BCUT2D eigenvalue weighted by atomic mass is 28.3. The molecule has 7 aromatic rings. The molecule has 1 saturated carbocycles. The van der Waals surface area contributed by atoms with E-state index in [9.17, 15) is 0 Å². The molecule has 9 rings (SSSR count). The van der Waals surface area contributed by atoms with Gasteiger partial charge in [0.15, 0.2) is 0 Å². The van der Waals surface area contributed by atoms with Gasteiger partial charge in [-0.05, 0) is 118 Å². The second-order valence-electron chi connectivity index (χ2n) is 16.0. The SMILES string of the molecule is CC(c1ccc(N(c2ccccc2)c2ccccc2)cc1)c1ccc(N(c2ccc(C3CCCCC3)cc2)c2cccc3c2-c2ccccc2[Si]3(C)C)cc1. The summed E-state index contributed by atoms with van der Waals surface area (Å²) in [5, 5.41) is 3.07. The predicted octanol–water partition coefficient (Wildman–Crippen LogP) is 13.6. The second kappa shape index (κ2) is 14.9. The molecule has 7 aromatic carbocycles. The van der Waals surface area contributed by atoms with E-state index in [0.29, 0.717) is 5.92 Å². The normalized spacial score (nSPS) is 15.2. The van der Waals surface area contributed by atoms with Gasteiger partial charge < -0.3 is 9.80 Å². The summed E-state index contributed by atoms with van der Waals surface area (Å²) in [7, 11) is -1.83. The number of hydrogen-bond donors (Lipinski definition) is 0. The molecule has 0 amide bonds. The molecule has 0 radical (unpaired) electrons. The Labute approximate surface area is 328 Å². The smallest absolute Gasteiger partial charge is 0.113 e. The van der Waals surface area contributed by atoms with Crippen molar-refractivity contribution >= 4 is 52.6 Å². The first kappa shape index (κ1) is 35.1. The zero-order valence-electron chi connectivity index (χ0n) is 32.3. The Morgan fingerprint density at radius 2 is 0.927 bits per heavy atom. The van der Waals surface area contributed by atoms with Crippen molar-refractivity contribution in [3.05, 3.63) is 193 Å². The standard InChI is InChI=1S/C52H50N2Si/c1-38(39-26-32-45(33-27-39)53(43-18-9-5-10-19-43)44-20-11-6-12-21-44)40-28-34-46(35-29-40)54(47-36-30-42(31-37-47)41-16-7-4-8-17-41)49-23-15-25-51-52(49)48-22-13-14-24-50(48)55(51,2)3/h5-6,9-15,18-38,41H,4,7-8,16-17H2,1-3H3. The topological polar surface area (TPSA) is 6.48 Å². The van der Waals surface area contributed by atoms with Gasteiger partial charge in [0.2, 0.25) is 0 Å². The summed E-state index contributed by atoms with van der Waals surface area (Å²) in [4.78, 5) is 4.84. The van der Waals surface area contributed by atoms with Crippen LogP contribution in [0.3, 0.4) is 0 Å². The highest BCUT2D eigenvalue weighted by Crippen LogP contribution is 2.44. The van der Waals surface area contributed by atoms with Crippen LogP contribution in [-0.4, -0.2) is 8.07 Å². The molecular formula is C52H50N2Si. The van der Waals surface area contributed by atoms with Crippen LogP contribution in [-0.2, 0) is 0 Å². The number of nitrogens with zero attached hydrogens (tertiary/aromatic N) is 2. The van der Waals surface area contributed by atoms with Gasteiger partial charge in [0.05, 0.1) is 5.69 Å². The Hall–Kier alpha value is -5.64. The van der Waals surface area contributed by atoms with E-state index in [1.807, 2.05) is 0 Å². The third-order valence-corrected chi connectivity index (χ3v) is 15.9. The van der Waals surface area contributed by atoms with Gasteiger partial charge >= 0.3 is 0 Å². The number of fused-ring (bicyclic) bond motifs is 3. The summed E-state index contributed by atoms with van der Waals surface area (Å²) < 4.78 is 0. The molecule has 2 aliphatic rings. The molecule has 0 bridgehead atoms. The fourth-order valence-corrected chi connectivity index (χ4v) is 12.4. The minimum atomic E-state index is -1.83. The summed E-state index contributed by atoms with van der Waals surface area (Å²) in [5.74, 6) is 0.929. The van der Waals surface area contributed by atoms with Crippen molar-refractivity contribution in [1.29, 1.82) is 0 Å². The first-order valence-corrected chi connectivity index (χ1v) is 23.2. The lowest BCUT2D eigenvalue weighted by molar-refractivity contribution is 0.443. The molecule has 1 unspecified atom stereocenters. The first-order chi connectivity index (χ1) is 27.0. The maximum Gasteiger partial charge on any atom is 0.113 e. The van der Waals surface area contributed by atoms with E-state index in [0.717, 1.165) is 17.1 Å². The van der Waals surface area contributed by atoms with E-state index in [2.05, 4.69) is 206 Å². The summed E-state index contributed by atoms with van der Waals surface area (Å²) in [6.45, 7) is 7.34. The molecule has 1 atom stereocenters. The first-order valence-electron chi connectivity index (χ1n) is 20.2. The zero-order valence-corrected chi connectivity index (χ0v) is 33.3. The van der Waals surface area contributed by atoms with E-state index < -0.39 is 8.07 Å². The van der Waals surface area contributed by atoms with Gasteiger partial charge in [-0.3, -0.25) is 0 Å². The van der Waals surface area contributed by atoms with Crippen LogP contribution in [0.4, 0.5) is 34.1 Å². The van der Waals surface area contributed by atoms with Crippen LogP contribution in [0.1, 0.15) is 67.6 Å². The van der Waals surface area contributed by atoms with Crippen molar-refractivity contribution in [2.24, 2.45) is 0 Å². The maximum atomic E-state index is 2.51. The van der Waals surface area contributed by atoms with Crippen molar-refractivity contribution in [3.8, 4) is 11.1 Å². The molecular weight excluding hydrogens is 681 g/mol. The molecule has 2 nitrogen and oxygen atoms in total. The van der Waals surface area contributed by atoms with E-state index in [4.69, 9.17) is 0 Å². The largest absolute Gasteiger partial charge is 0.311 e. The Morgan fingerprint density at radius 1 is 0.455 bits per heavy atom. The van der Waals surface area contributed by atoms with Gasteiger partial charge in [-0.2, -0.15) is 0 Å². The molecule has 1 fully saturated rings. The number of anilines is 6. The Balaban J connectivity index is 1.06. The van der Waals surface area contributed by atoms with Crippen molar-refractivity contribution in [1.82, 2.24) is 0 Å².